The van der Waals surface area contributed by atoms with Crippen LogP contribution in [-0.4, -0.2) is 25.8 Å². The molecule has 144 valence electrons. The topological polar surface area (TPSA) is 114 Å². The smallest absolute Gasteiger partial charge is 0.273 e. The van der Waals surface area contributed by atoms with Crippen LogP contribution >= 0.6 is 0 Å². The minimum absolute atomic E-state index is 0.0150. The van der Waals surface area contributed by atoms with E-state index in [-0.39, 0.29) is 17.9 Å². The lowest BCUT2D eigenvalue weighted by atomic mass is 10.2. The van der Waals surface area contributed by atoms with Crippen molar-refractivity contribution >= 4 is 27.6 Å². The minimum atomic E-state index is -0.505. The third kappa shape index (κ3) is 2.94. The summed E-state index contributed by atoms with van der Waals surface area (Å²) in [5.74, 6) is 0. The van der Waals surface area contributed by atoms with E-state index in [1.165, 1.54) is 28.8 Å². The Bertz CT molecular complexity index is 1340. The summed E-state index contributed by atoms with van der Waals surface area (Å²) in [6.45, 7) is 0.533. The summed E-state index contributed by atoms with van der Waals surface area (Å²) in [7, 11) is 0. The molecule has 4 rings (SSSR count). The number of rotatable bonds is 5. The van der Waals surface area contributed by atoms with Crippen LogP contribution in [0.1, 0.15) is 12.0 Å². The first-order chi connectivity index (χ1) is 14.1. The van der Waals surface area contributed by atoms with Gasteiger partial charge in [-0.1, -0.05) is 18.2 Å². The molecule has 0 aliphatic carbocycles. The number of aliphatic hydroxyl groups is 1. The lowest BCUT2D eigenvalue weighted by Crippen LogP contribution is -2.21. The Morgan fingerprint density at radius 1 is 1.10 bits per heavy atom. The highest BCUT2D eigenvalue weighted by Gasteiger charge is 2.19. The second-order valence-electron chi connectivity index (χ2n) is 6.56. The molecule has 0 saturated heterocycles. The predicted octanol–water partition coefficient (Wildman–Crippen LogP) is 3.11. The van der Waals surface area contributed by atoms with Gasteiger partial charge in [-0.05, 0) is 30.7 Å². The zero-order valence-corrected chi connectivity index (χ0v) is 15.3. The monoisotopic (exact) mass is 388 g/mol. The van der Waals surface area contributed by atoms with E-state index in [2.05, 4.69) is 0 Å². The summed E-state index contributed by atoms with van der Waals surface area (Å²) >= 11 is 0. The van der Waals surface area contributed by atoms with Gasteiger partial charge in [0.15, 0.2) is 0 Å². The molecule has 0 radical (unpaired) electrons. The Morgan fingerprint density at radius 3 is 2.48 bits per heavy atom. The van der Waals surface area contributed by atoms with Crippen molar-refractivity contribution in [3.8, 4) is 11.8 Å². The number of nitriles is 1. The van der Waals surface area contributed by atoms with Gasteiger partial charge in [0, 0.05) is 36.4 Å². The predicted molar refractivity (Wildman–Crippen MR) is 108 cm³/mol. The maximum atomic E-state index is 13.1. The average molecular weight is 388 g/mol. The summed E-state index contributed by atoms with van der Waals surface area (Å²) in [6.07, 6.45) is 0.520. The van der Waals surface area contributed by atoms with Gasteiger partial charge >= 0.3 is 0 Å². The number of hydrogen-bond acceptors (Lipinski definition) is 5. The number of benzene rings is 2. The van der Waals surface area contributed by atoms with Crippen molar-refractivity contribution in [2.24, 2.45) is 0 Å². The van der Waals surface area contributed by atoms with E-state index in [0.717, 1.165) is 10.9 Å². The van der Waals surface area contributed by atoms with Gasteiger partial charge in [-0.3, -0.25) is 19.5 Å². The molecule has 4 aromatic rings. The van der Waals surface area contributed by atoms with Crippen molar-refractivity contribution in [1.82, 2.24) is 9.13 Å². The molecule has 8 nitrogen and oxygen atoms in total. The van der Waals surface area contributed by atoms with E-state index < -0.39 is 10.5 Å². The van der Waals surface area contributed by atoms with Crippen LogP contribution in [-0.2, 0) is 6.54 Å². The fourth-order valence-electron chi connectivity index (χ4n) is 3.63. The molecule has 0 aliphatic rings. The molecule has 2 heterocycles. The first-order valence-electron chi connectivity index (χ1n) is 8.99. The molecule has 0 unspecified atom stereocenters. The standard InChI is InChI=1S/C21H16N4O4/c22-13-14-12-19-20(17-4-1-2-5-18(17)23(19)10-3-11-26)24(21(14)27)15-6-8-16(9-7-15)25(28)29/h1-2,4-9,12,26H,3,10-11H2. The lowest BCUT2D eigenvalue weighted by molar-refractivity contribution is -0.384. The highest BCUT2D eigenvalue weighted by atomic mass is 16.6. The number of fused-ring (bicyclic) bond motifs is 3. The first kappa shape index (κ1) is 18.4. The van der Waals surface area contributed by atoms with Crippen molar-refractivity contribution in [1.29, 1.82) is 5.26 Å². The third-order valence-corrected chi connectivity index (χ3v) is 4.90. The van der Waals surface area contributed by atoms with Crippen LogP contribution < -0.4 is 5.56 Å². The summed E-state index contributed by atoms with van der Waals surface area (Å²) in [5, 5.41) is 30.6. The maximum absolute atomic E-state index is 13.1. The lowest BCUT2D eigenvalue weighted by Gasteiger charge is -2.11. The molecule has 2 aromatic carbocycles. The van der Waals surface area contributed by atoms with Gasteiger partial charge in [0.25, 0.3) is 11.2 Å². The van der Waals surface area contributed by atoms with Crippen molar-refractivity contribution in [2.75, 3.05) is 6.61 Å². The Kier molecular flexibility index (Phi) is 4.58. The normalized spacial score (nSPS) is 11.0. The van der Waals surface area contributed by atoms with Crippen molar-refractivity contribution < 1.29 is 10.0 Å². The van der Waals surface area contributed by atoms with E-state index in [4.69, 9.17) is 0 Å². The number of pyridine rings is 1. The van der Waals surface area contributed by atoms with Crippen LogP contribution in [0.2, 0.25) is 0 Å². The van der Waals surface area contributed by atoms with Crippen molar-refractivity contribution in [2.45, 2.75) is 13.0 Å². The number of nitro benzene ring substituents is 1. The largest absolute Gasteiger partial charge is 0.396 e. The molecular formula is C21H16N4O4. The number of para-hydroxylation sites is 1. The summed E-state index contributed by atoms with van der Waals surface area (Å²) in [4.78, 5) is 23.5. The summed E-state index contributed by atoms with van der Waals surface area (Å²) < 4.78 is 3.40. The second-order valence-corrected chi connectivity index (χ2v) is 6.56. The number of aliphatic hydroxyl groups excluding tert-OH is 1. The Hall–Kier alpha value is -3.96. The van der Waals surface area contributed by atoms with Crippen LogP contribution in [0.15, 0.2) is 59.4 Å². The number of non-ortho nitro benzene ring substituents is 1. The maximum Gasteiger partial charge on any atom is 0.273 e. The van der Waals surface area contributed by atoms with Gasteiger partial charge in [-0.25, -0.2) is 0 Å². The Labute approximate surface area is 164 Å². The molecule has 0 amide bonds. The zero-order chi connectivity index (χ0) is 20.5. The molecule has 2 aromatic heterocycles. The van der Waals surface area contributed by atoms with Gasteiger partial charge in [-0.2, -0.15) is 5.26 Å². The molecule has 0 bridgehead atoms. The van der Waals surface area contributed by atoms with Crippen LogP contribution in [0.4, 0.5) is 5.69 Å². The number of nitro groups is 1. The van der Waals surface area contributed by atoms with Gasteiger partial charge < -0.3 is 9.67 Å². The van der Waals surface area contributed by atoms with E-state index in [0.29, 0.717) is 29.7 Å². The fraction of sp³-hybridized carbons (Fsp3) is 0.143. The van der Waals surface area contributed by atoms with E-state index >= 15 is 0 Å². The van der Waals surface area contributed by atoms with E-state index in [9.17, 15) is 25.3 Å². The molecule has 0 saturated carbocycles. The highest BCUT2D eigenvalue weighted by molar-refractivity contribution is 6.07. The SMILES string of the molecule is N#Cc1cc2c(c3ccccc3n2CCCO)n(-c2ccc([N+](=O)[O-])cc2)c1=O. The van der Waals surface area contributed by atoms with E-state index in [1.807, 2.05) is 34.9 Å². The van der Waals surface area contributed by atoms with Gasteiger partial charge in [0.2, 0.25) is 0 Å². The van der Waals surface area contributed by atoms with Gasteiger partial charge in [0.1, 0.15) is 11.6 Å². The molecule has 0 spiro atoms. The summed E-state index contributed by atoms with van der Waals surface area (Å²) in [5.41, 5.74) is 2.03. The average Bonchev–Trinajstić information content (AvgIpc) is 3.05. The second kappa shape index (κ2) is 7.22. The van der Waals surface area contributed by atoms with Crippen LogP contribution in [0.3, 0.4) is 0 Å². The number of hydrogen-bond donors (Lipinski definition) is 1. The van der Waals surface area contributed by atoms with Crippen LogP contribution in [0, 0.1) is 21.4 Å². The highest BCUT2D eigenvalue weighted by Crippen LogP contribution is 2.31. The Morgan fingerprint density at radius 2 is 1.83 bits per heavy atom. The first-order valence-corrected chi connectivity index (χ1v) is 8.99. The molecular weight excluding hydrogens is 372 g/mol. The molecule has 8 heteroatoms. The van der Waals surface area contributed by atoms with Gasteiger partial charge in [0.05, 0.1) is 21.5 Å². The van der Waals surface area contributed by atoms with Crippen LogP contribution in [0.25, 0.3) is 27.6 Å². The minimum Gasteiger partial charge on any atom is -0.396 e. The molecule has 0 aliphatic heterocycles. The van der Waals surface area contributed by atoms with Gasteiger partial charge in [-0.15, -0.1) is 0 Å². The van der Waals surface area contributed by atoms with Crippen molar-refractivity contribution in [3.63, 3.8) is 0 Å². The Balaban J connectivity index is 2.13. The number of aromatic nitrogens is 2. The quantitative estimate of drug-likeness (QED) is 0.417. The molecule has 0 fully saturated rings. The number of aryl methyl sites for hydroxylation is 1. The molecule has 1 N–H and O–H groups in total. The molecule has 29 heavy (non-hydrogen) atoms. The van der Waals surface area contributed by atoms with Crippen LogP contribution in [0.5, 0.6) is 0 Å². The van der Waals surface area contributed by atoms with Crippen molar-refractivity contribution in [3.05, 3.63) is 80.6 Å². The third-order valence-electron chi connectivity index (χ3n) is 4.90. The fourth-order valence-corrected chi connectivity index (χ4v) is 3.63. The molecule has 0 atom stereocenters. The van der Waals surface area contributed by atoms with E-state index in [1.54, 1.807) is 6.07 Å². The zero-order valence-electron chi connectivity index (χ0n) is 15.3. The number of nitrogens with zero attached hydrogens (tertiary/aromatic N) is 4. The summed E-state index contributed by atoms with van der Waals surface area (Å²) in [6, 6.07) is 16.7.